The number of carbonyl (C=O) groups is 1. The van der Waals surface area contributed by atoms with Crippen molar-refractivity contribution in [1.29, 1.82) is 0 Å². The van der Waals surface area contributed by atoms with Crippen molar-refractivity contribution in [2.75, 3.05) is 0 Å². The second-order valence-electron chi connectivity index (χ2n) is 6.22. The number of hydroxylamine groups is 2. The lowest BCUT2D eigenvalue weighted by molar-refractivity contribution is -0.251. The summed E-state index contributed by atoms with van der Waals surface area (Å²) in [5.74, 6) is -0.371. The first-order chi connectivity index (χ1) is 8.75. The number of esters is 1. The predicted molar refractivity (Wildman–Crippen MR) is 70.9 cm³/mol. The van der Waals surface area contributed by atoms with Crippen LogP contribution in [0.15, 0.2) is 30.3 Å². The summed E-state index contributed by atoms with van der Waals surface area (Å²) in [5, 5.41) is 13.2. The maximum Gasteiger partial charge on any atom is 0.338 e. The van der Waals surface area contributed by atoms with Gasteiger partial charge in [-0.25, -0.2) is 4.79 Å². The van der Waals surface area contributed by atoms with Crippen molar-refractivity contribution in [3.8, 4) is 0 Å². The lowest BCUT2D eigenvalue weighted by Gasteiger charge is -2.32. The summed E-state index contributed by atoms with van der Waals surface area (Å²) in [6, 6.07) is 8.86. The van der Waals surface area contributed by atoms with Gasteiger partial charge in [0.2, 0.25) is 0 Å². The number of nitrogens with zero attached hydrogens (tertiary/aromatic N) is 1. The first kappa shape index (κ1) is 14.0. The van der Waals surface area contributed by atoms with Gasteiger partial charge < -0.3 is 4.74 Å². The molecular weight excluding hydrogens is 242 g/mol. The van der Waals surface area contributed by atoms with Gasteiger partial charge in [0.25, 0.3) is 0 Å². The molecule has 1 aliphatic heterocycles. The van der Waals surface area contributed by atoms with Gasteiger partial charge in [0.05, 0.1) is 11.1 Å². The third-order valence-corrected chi connectivity index (χ3v) is 3.80. The fourth-order valence-electron chi connectivity index (χ4n) is 2.65. The van der Waals surface area contributed by atoms with Crippen LogP contribution in [0.25, 0.3) is 0 Å². The summed E-state index contributed by atoms with van der Waals surface area (Å²) in [4.78, 5) is 12.1. The Kier molecular flexibility index (Phi) is 3.41. The van der Waals surface area contributed by atoms with E-state index in [0.29, 0.717) is 12.0 Å². The second kappa shape index (κ2) is 4.62. The van der Waals surface area contributed by atoms with E-state index in [0.717, 1.165) is 5.06 Å². The van der Waals surface area contributed by atoms with Gasteiger partial charge in [0.15, 0.2) is 0 Å². The minimum atomic E-state index is -0.700. The van der Waals surface area contributed by atoms with Gasteiger partial charge in [0, 0.05) is 12.0 Å². The quantitative estimate of drug-likeness (QED) is 0.770. The lowest BCUT2D eigenvalue weighted by atomic mass is 9.97. The van der Waals surface area contributed by atoms with Crippen LogP contribution in [0.2, 0.25) is 0 Å². The number of hydrogen-bond donors (Lipinski definition) is 0. The molecule has 1 unspecified atom stereocenters. The zero-order valence-corrected chi connectivity index (χ0v) is 11.8. The highest BCUT2D eigenvalue weighted by atomic mass is 16.6. The maximum atomic E-state index is 12.2. The topological polar surface area (TPSA) is 49.4 Å². The molecule has 0 aromatic heterocycles. The molecule has 4 heteroatoms. The van der Waals surface area contributed by atoms with Crippen LogP contribution < -0.4 is 0 Å². The zero-order valence-electron chi connectivity index (χ0n) is 11.8. The molecule has 0 aliphatic carbocycles. The smallest absolute Gasteiger partial charge is 0.338 e. The zero-order chi connectivity index (χ0) is 14.3. The molecule has 1 atom stereocenters. The normalized spacial score (nSPS) is 25.2. The summed E-state index contributed by atoms with van der Waals surface area (Å²) in [6.45, 7) is 7.38. The van der Waals surface area contributed by atoms with Crippen LogP contribution in [-0.2, 0) is 9.94 Å². The molecule has 1 heterocycles. The highest BCUT2D eigenvalue weighted by Crippen LogP contribution is 2.41. The van der Waals surface area contributed by atoms with E-state index in [2.05, 4.69) is 0 Å². The molecule has 1 aromatic carbocycles. The highest BCUT2D eigenvalue weighted by molar-refractivity contribution is 5.89. The van der Waals surface area contributed by atoms with Gasteiger partial charge in [-0.05, 0) is 39.8 Å². The number of ether oxygens (including phenoxy) is 1. The standard InChI is InChI=1S/C15H20NO3/c1-14(2)10-12(15(3,4)16(14)18)19-13(17)11-8-6-5-7-9-11/h5-9,12H,10H2,1-4H3. The van der Waals surface area contributed by atoms with Gasteiger partial charge in [-0.1, -0.05) is 18.2 Å². The number of hydrogen-bond acceptors (Lipinski definition) is 3. The molecule has 2 rings (SSSR count). The molecule has 0 spiro atoms. The van der Waals surface area contributed by atoms with E-state index in [1.54, 1.807) is 24.3 Å². The summed E-state index contributed by atoms with van der Waals surface area (Å²) in [6.07, 6.45) is 0.148. The van der Waals surface area contributed by atoms with Crippen LogP contribution in [0.5, 0.6) is 0 Å². The van der Waals surface area contributed by atoms with Crippen molar-refractivity contribution in [1.82, 2.24) is 5.06 Å². The highest BCUT2D eigenvalue weighted by Gasteiger charge is 2.54. The molecule has 0 amide bonds. The van der Waals surface area contributed by atoms with E-state index >= 15 is 0 Å². The predicted octanol–water partition coefficient (Wildman–Crippen LogP) is 2.82. The van der Waals surface area contributed by atoms with Crippen LogP contribution in [0.3, 0.4) is 0 Å². The minimum Gasteiger partial charge on any atom is -0.457 e. The SMILES string of the molecule is CC1(C)CC(OC(=O)c2ccccc2)C(C)(C)N1[O]. The van der Waals surface area contributed by atoms with E-state index in [1.165, 1.54) is 0 Å². The van der Waals surface area contributed by atoms with Crippen LogP contribution >= 0.6 is 0 Å². The average molecular weight is 262 g/mol. The lowest BCUT2D eigenvalue weighted by Crippen LogP contribution is -2.48. The van der Waals surface area contributed by atoms with Gasteiger partial charge in [0.1, 0.15) is 6.10 Å². The van der Waals surface area contributed by atoms with E-state index in [9.17, 15) is 10.0 Å². The average Bonchev–Trinajstić information content (AvgIpc) is 2.51. The summed E-state index contributed by atoms with van der Waals surface area (Å²) in [7, 11) is 0. The van der Waals surface area contributed by atoms with E-state index in [-0.39, 0.29) is 5.97 Å². The Hall–Kier alpha value is -1.39. The van der Waals surface area contributed by atoms with Crippen LogP contribution in [0.1, 0.15) is 44.5 Å². The fourth-order valence-corrected chi connectivity index (χ4v) is 2.65. The fraction of sp³-hybridized carbons (Fsp3) is 0.533. The molecule has 1 aliphatic rings. The maximum absolute atomic E-state index is 12.2. The number of benzene rings is 1. The van der Waals surface area contributed by atoms with Gasteiger partial charge >= 0.3 is 5.97 Å². The van der Waals surface area contributed by atoms with Crippen molar-refractivity contribution < 1.29 is 14.7 Å². The van der Waals surface area contributed by atoms with Crippen LogP contribution in [0, 0.1) is 0 Å². The molecule has 1 fully saturated rings. The molecule has 0 N–H and O–H groups in total. The summed E-state index contributed by atoms with van der Waals surface area (Å²) >= 11 is 0. The molecule has 19 heavy (non-hydrogen) atoms. The molecule has 1 aromatic rings. The molecule has 4 nitrogen and oxygen atoms in total. The Morgan fingerprint density at radius 1 is 1.21 bits per heavy atom. The van der Waals surface area contributed by atoms with Crippen LogP contribution in [-0.4, -0.2) is 28.2 Å². The Bertz CT molecular complexity index is 468. The molecule has 0 saturated carbocycles. The second-order valence-corrected chi connectivity index (χ2v) is 6.22. The third-order valence-electron chi connectivity index (χ3n) is 3.80. The van der Waals surface area contributed by atoms with Gasteiger partial charge in [-0.2, -0.15) is 0 Å². The summed E-state index contributed by atoms with van der Waals surface area (Å²) in [5.41, 5.74) is -0.695. The largest absolute Gasteiger partial charge is 0.457 e. The number of rotatable bonds is 2. The third kappa shape index (κ3) is 2.51. The van der Waals surface area contributed by atoms with Gasteiger partial charge in [-0.15, -0.1) is 10.3 Å². The minimum absolute atomic E-state index is 0.371. The first-order valence-electron chi connectivity index (χ1n) is 6.48. The molecule has 103 valence electrons. The first-order valence-corrected chi connectivity index (χ1v) is 6.48. The van der Waals surface area contributed by atoms with E-state index in [4.69, 9.17) is 4.74 Å². The molecular formula is C15H20NO3. The van der Waals surface area contributed by atoms with Crippen molar-refractivity contribution in [2.24, 2.45) is 0 Å². The Labute approximate surface area is 113 Å². The Morgan fingerprint density at radius 3 is 2.26 bits per heavy atom. The van der Waals surface area contributed by atoms with Crippen molar-refractivity contribution in [3.63, 3.8) is 0 Å². The van der Waals surface area contributed by atoms with Crippen molar-refractivity contribution in [3.05, 3.63) is 35.9 Å². The van der Waals surface area contributed by atoms with E-state index in [1.807, 2.05) is 33.8 Å². The number of carbonyl (C=O) groups excluding carboxylic acids is 1. The van der Waals surface area contributed by atoms with Crippen LogP contribution in [0.4, 0.5) is 0 Å². The van der Waals surface area contributed by atoms with Gasteiger partial charge in [-0.3, -0.25) is 0 Å². The Balaban J connectivity index is 2.14. The summed E-state index contributed by atoms with van der Waals surface area (Å²) < 4.78 is 5.54. The Morgan fingerprint density at radius 2 is 1.79 bits per heavy atom. The van der Waals surface area contributed by atoms with Crippen molar-refractivity contribution >= 4 is 5.97 Å². The monoisotopic (exact) mass is 262 g/mol. The van der Waals surface area contributed by atoms with Crippen molar-refractivity contribution in [2.45, 2.75) is 51.3 Å². The molecule has 1 saturated heterocycles. The molecule has 1 radical (unpaired) electrons. The van der Waals surface area contributed by atoms with E-state index < -0.39 is 17.2 Å². The molecule has 0 bridgehead atoms.